The molecule has 37 heavy (non-hydrogen) atoms. The summed E-state index contributed by atoms with van der Waals surface area (Å²) in [6.07, 6.45) is 0.0179. The van der Waals surface area contributed by atoms with Crippen LogP contribution in [0, 0.1) is 0 Å². The molecule has 1 heterocycles. The highest BCUT2D eigenvalue weighted by Gasteiger charge is 2.17. The van der Waals surface area contributed by atoms with Crippen LogP contribution in [0.2, 0.25) is 5.02 Å². The number of carbonyl (C=O) groups excluding carboxylic acids is 2. The molecule has 0 saturated heterocycles. The van der Waals surface area contributed by atoms with Crippen LogP contribution in [0.1, 0.15) is 48.1 Å². The lowest BCUT2D eigenvalue weighted by Gasteiger charge is -2.19. The molecule has 2 amide bonds. The summed E-state index contributed by atoms with van der Waals surface area (Å²) in [5.74, 6) is 0.601. The minimum absolute atomic E-state index is 0.204. The molecule has 0 saturated carbocycles. The summed E-state index contributed by atoms with van der Waals surface area (Å²) in [4.78, 5) is 29.6. The number of carbonyl (C=O) groups is 2. The normalized spacial score (nSPS) is 11.4. The van der Waals surface area contributed by atoms with Crippen LogP contribution in [0.5, 0.6) is 0 Å². The fourth-order valence-electron chi connectivity index (χ4n) is 3.82. The topological polar surface area (TPSA) is 85.2 Å². The monoisotopic (exact) mass is 582 g/mol. The van der Waals surface area contributed by atoms with Crippen LogP contribution in [-0.2, 0) is 24.8 Å². The number of rotatable bonds is 6. The number of anilines is 1. The van der Waals surface area contributed by atoms with E-state index in [4.69, 9.17) is 21.3 Å². The number of aryl methyl sites for hydroxylation is 1. The zero-order valence-electron chi connectivity index (χ0n) is 21.1. The Morgan fingerprint density at radius 2 is 1.78 bits per heavy atom. The number of hydrogen-bond acceptors (Lipinski definition) is 4. The molecule has 0 atom stereocenters. The number of imidazole rings is 1. The van der Waals surface area contributed by atoms with Gasteiger partial charge < -0.3 is 19.9 Å². The Hall–Kier alpha value is -3.36. The molecule has 0 aliphatic heterocycles. The lowest BCUT2D eigenvalue weighted by molar-refractivity contribution is 0.0523. The summed E-state index contributed by atoms with van der Waals surface area (Å²) in [7, 11) is 1.94. The van der Waals surface area contributed by atoms with Gasteiger partial charge in [-0.3, -0.25) is 4.79 Å². The Morgan fingerprint density at radius 3 is 2.49 bits per heavy atom. The number of amides is 2. The van der Waals surface area contributed by atoms with E-state index in [2.05, 4.69) is 26.6 Å². The Kier molecular flexibility index (Phi) is 7.90. The molecule has 1 aromatic heterocycles. The highest BCUT2D eigenvalue weighted by Crippen LogP contribution is 2.24. The van der Waals surface area contributed by atoms with E-state index in [1.165, 1.54) is 0 Å². The van der Waals surface area contributed by atoms with Crippen molar-refractivity contribution in [1.82, 2.24) is 14.9 Å². The zero-order chi connectivity index (χ0) is 26.7. The Morgan fingerprint density at radius 1 is 1.05 bits per heavy atom. The van der Waals surface area contributed by atoms with Gasteiger partial charge in [-0.2, -0.15) is 0 Å². The first-order valence-electron chi connectivity index (χ1n) is 11.7. The van der Waals surface area contributed by atoms with E-state index in [1.807, 2.05) is 80.9 Å². The maximum Gasteiger partial charge on any atom is 0.407 e. The largest absolute Gasteiger partial charge is 0.444 e. The van der Waals surface area contributed by atoms with Gasteiger partial charge in [-0.25, -0.2) is 9.78 Å². The molecule has 3 aromatic carbocycles. The third-order valence-corrected chi connectivity index (χ3v) is 6.53. The Labute approximate surface area is 229 Å². The molecule has 0 fully saturated rings. The van der Waals surface area contributed by atoms with Crippen LogP contribution in [0.15, 0.2) is 65.1 Å². The summed E-state index contributed by atoms with van der Waals surface area (Å²) < 4.78 is 8.24. The smallest absolute Gasteiger partial charge is 0.407 e. The Balaban J connectivity index is 1.50. The van der Waals surface area contributed by atoms with Gasteiger partial charge in [0.05, 0.1) is 11.0 Å². The third-order valence-electron chi connectivity index (χ3n) is 5.63. The summed E-state index contributed by atoms with van der Waals surface area (Å²) in [5, 5.41) is 6.29. The SMILES string of the molecule is Cn1c(Cc2cc(CNC(=O)OC(C)(C)C)ccc2Cl)nc2cc(C(=O)Nc3ccc(Br)cc3)ccc21. The minimum Gasteiger partial charge on any atom is -0.444 e. The molecule has 0 unspecified atom stereocenters. The number of nitrogens with zero attached hydrogens (tertiary/aromatic N) is 2. The zero-order valence-corrected chi connectivity index (χ0v) is 23.4. The molecule has 4 aromatic rings. The predicted molar refractivity (Wildman–Crippen MR) is 150 cm³/mol. The van der Waals surface area contributed by atoms with Crippen molar-refractivity contribution < 1.29 is 14.3 Å². The molecule has 0 aliphatic rings. The van der Waals surface area contributed by atoms with Crippen molar-refractivity contribution in [3.05, 3.63) is 92.7 Å². The van der Waals surface area contributed by atoms with Crippen molar-refractivity contribution in [2.24, 2.45) is 7.05 Å². The van der Waals surface area contributed by atoms with E-state index in [1.54, 1.807) is 12.1 Å². The van der Waals surface area contributed by atoms with Crippen molar-refractivity contribution in [2.45, 2.75) is 39.3 Å². The van der Waals surface area contributed by atoms with Gasteiger partial charge in [-0.1, -0.05) is 39.7 Å². The van der Waals surface area contributed by atoms with Gasteiger partial charge in [0.15, 0.2) is 0 Å². The van der Waals surface area contributed by atoms with Gasteiger partial charge in [0.1, 0.15) is 11.4 Å². The standard InChI is InChI=1S/C28H28BrClN4O3/c1-28(2,3)37-27(36)31-16-17-5-11-22(30)19(13-17)15-25-33-23-14-18(6-12-24(23)34(25)4)26(35)32-21-9-7-20(29)8-10-21/h5-14H,15-16H2,1-4H3,(H,31,36)(H,32,35). The highest BCUT2D eigenvalue weighted by molar-refractivity contribution is 9.10. The number of ether oxygens (including phenoxy) is 1. The fraction of sp³-hybridized carbons (Fsp3) is 0.250. The molecule has 7 nitrogen and oxygen atoms in total. The van der Waals surface area contributed by atoms with Gasteiger partial charge >= 0.3 is 6.09 Å². The van der Waals surface area contributed by atoms with Crippen LogP contribution in [0.4, 0.5) is 10.5 Å². The van der Waals surface area contributed by atoms with Gasteiger partial charge in [0.2, 0.25) is 0 Å². The van der Waals surface area contributed by atoms with Crippen molar-refractivity contribution >= 4 is 56.3 Å². The van der Waals surface area contributed by atoms with Crippen molar-refractivity contribution in [3.8, 4) is 0 Å². The quantitative estimate of drug-likeness (QED) is 0.260. The van der Waals surface area contributed by atoms with E-state index in [9.17, 15) is 9.59 Å². The molecular formula is C28H28BrClN4O3. The molecule has 0 aliphatic carbocycles. The average molecular weight is 584 g/mol. The van der Waals surface area contributed by atoms with Gasteiger partial charge in [-0.05, 0) is 80.4 Å². The number of alkyl carbamates (subject to hydrolysis) is 1. The van der Waals surface area contributed by atoms with E-state index in [0.29, 0.717) is 29.2 Å². The number of aromatic nitrogens is 2. The second kappa shape index (κ2) is 10.9. The maximum absolute atomic E-state index is 12.8. The molecule has 9 heteroatoms. The van der Waals surface area contributed by atoms with E-state index in [-0.39, 0.29) is 5.91 Å². The second-order valence-electron chi connectivity index (χ2n) is 9.71. The second-order valence-corrected chi connectivity index (χ2v) is 11.0. The van der Waals surface area contributed by atoms with Crippen LogP contribution >= 0.6 is 27.5 Å². The van der Waals surface area contributed by atoms with E-state index >= 15 is 0 Å². The maximum atomic E-state index is 12.8. The highest BCUT2D eigenvalue weighted by atomic mass is 79.9. The molecule has 0 spiro atoms. The summed E-state index contributed by atoms with van der Waals surface area (Å²) in [6.45, 7) is 5.78. The lowest BCUT2D eigenvalue weighted by atomic mass is 10.1. The van der Waals surface area contributed by atoms with Crippen LogP contribution in [0.3, 0.4) is 0 Å². The van der Waals surface area contributed by atoms with E-state index in [0.717, 1.165) is 32.5 Å². The molecule has 192 valence electrons. The van der Waals surface area contributed by atoms with Crippen molar-refractivity contribution in [2.75, 3.05) is 5.32 Å². The molecule has 0 bridgehead atoms. The van der Waals surface area contributed by atoms with Crippen LogP contribution in [0.25, 0.3) is 11.0 Å². The van der Waals surface area contributed by atoms with Gasteiger partial charge in [0, 0.05) is 40.8 Å². The summed E-state index contributed by atoms with van der Waals surface area (Å²) >= 11 is 9.89. The predicted octanol–water partition coefficient (Wildman–Crippen LogP) is 6.86. The first-order chi connectivity index (χ1) is 17.5. The molecular weight excluding hydrogens is 556 g/mol. The number of benzene rings is 3. The van der Waals surface area contributed by atoms with Gasteiger partial charge in [0.25, 0.3) is 5.91 Å². The third kappa shape index (κ3) is 6.90. The van der Waals surface area contributed by atoms with Crippen molar-refractivity contribution in [3.63, 3.8) is 0 Å². The fourth-order valence-corrected chi connectivity index (χ4v) is 4.27. The number of halogens is 2. The minimum atomic E-state index is -0.561. The van der Waals surface area contributed by atoms with Crippen LogP contribution in [-0.4, -0.2) is 27.2 Å². The Bertz CT molecular complexity index is 1460. The summed E-state index contributed by atoms with van der Waals surface area (Å²) in [5.41, 5.74) is 4.09. The summed E-state index contributed by atoms with van der Waals surface area (Å²) in [6, 6.07) is 18.5. The first-order valence-corrected chi connectivity index (χ1v) is 12.9. The first kappa shape index (κ1) is 26.7. The van der Waals surface area contributed by atoms with Gasteiger partial charge in [-0.15, -0.1) is 0 Å². The van der Waals surface area contributed by atoms with Crippen LogP contribution < -0.4 is 10.6 Å². The number of hydrogen-bond donors (Lipinski definition) is 2. The number of fused-ring (bicyclic) bond motifs is 1. The molecule has 4 rings (SSSR count). The average Bonchev–Trinajstić information content (AvgIpc) is 3.14. The number of nitrogens with one attached hydrogen (secondary N) is 2. The van der Waals surface area contributed by atoms with Crippen molar-refractivity contribution in [1.29, 1.82) is 0 Å². The lowest BCUT2D eigenvalue weighted by Crippen LogP contribution is -2.32. The molecule has 0 radical (unpaired) electrons. The molecule has 2 N–H and O–H groups in total. The van der Waals surface area contributed by atoms with E-state index < -0.39 is 11.7 Å².